The monoisotopic (exact) mass is 344 g/mol. The summed E-state index contributed by atoms with van der Waals surface area (Å²) in [5, 5.41) is 0. The molecule has 6 heteroatoms. The number of amides is 2. The fourth-order valence-corrected chi connectivity index (χ4v) is 2.19. The molecule has 1 aromatic carbocycles. The Balaban J connectivity index is 2.82. The van der Waals surface area contributed by atoms with Gasteiger partial charge in [0, 0.05) is 20.1 Å². The Morgan fingerprint density at radius 1 is 1.25 bits per heavy atom. The van der Waals surface area contributed by atoms with E-state index in [1.165, 1.54) is 24.1 Å². The maximum absolute atomic E-state index is 13.9. The van der Waals surface area contributed by atoms with E-state index in [4.69, 9.17) is 0 Å². The summed E-state index contributed by atoms with van der Waals surface area (Å²) in [5.41, 5.74) is -0.0470. The molecule has 0 heterocycles. The van der Waals surface area contributed by atoms with Crippen LogP contribution in [0.2, 0.25) is 0 Å². The third kappa shape index (κ3) is 3.79. The molecule has 0 saturated heterocycles. The van der Waals surface area contributed by atoms with E-state index in [1.807, 2.05) is 13.8 Å². The lowest BCUT2D eigenvalue weighted by molar-refractivity contribution is -0.131. The molecule has 0 saturated carbocycles. The molecular weight excluding hydrogens is 327 g/mol. The van der Waals surface area contributed by atoms with E-state index < -0.39 is 11.7 Å². The van der Waals surface area contributed by atoms with Crippen LogP contribution >= 0.6 is 15.9 Å². The van der Waals surface area contributed by atoms with Crippen molar-refractivity contribution in [1.82, 2.24) is 9.80 Å². The molecule has 0 aliphatic rings. The van der Waals surface area contributed by atoms with Crippen molar-refractivity contribution in [3.05, 3.63) is 34.1 Å². The fraction of sp³-hybridized carbons (Fsp3) is 0.429. The van der Waals surface area contributed by atoms with Gasteiger partial charge in [0.1, 0.15) is 5.82 Å². The van der Waals surface area contributed by atoms with Gasteiger partial charge < -0.3 is 9.80 Å². The number of benzene rings is 1. The van der Waals surface area contributed by atoms with Crippen molar-refractivity contribution in [1.29, 1.82) is 0 Å². The quantitative estimate of drug-likeness (QED) is 0.823. The van der Waals surface area contributed by atoms with Crippen LogP contribution in [0.4, 0.5) is 4.39 Å². The van der Waals surface area contributed by atoms with Crippen LogP contribution < -0.4 is 0 Å². The summed E-state index contributed by atoms with van der Waals surface area (Å²) in [7, 11) is 1.49. The molecule has 0 bridgehead atoms. The number of rotatable bonds is 5. The fourth-order valence-electron chi connectivity index (χ4n) is 1.83. The van der Waals surface area contributed by atoms with Crippen molar-refractivity contribution in [2.75, 3.05) is 26.7 Å². The molecule has 0 spiro atoms. The lowest BCUT2D eigenvalue weighted by atomic mass is 10.2. The Hall–Kier alpha value is -1.43. The van der Waals surface area contributed by atoms with Crippen LogP contribution in [0.25, 0.3) is 0 Å². The normalized spacial score (nSPS) is 10.2. The molecular formula is C14H18BrFN2O2. The van der Waals surface area contributed by atoms with Gasteiger partial charge in [0.15, 0.2) is 0 Å². The van der Waals surface area contributed by atoms with Gasteiger partial charge in [-0.25, -0.2) is 4.39 Å². The first kappa shape index (κ1) is 16.6. The molecule has 20 heavy (non-hydrogen) atoms. The van der Waals surface area contributed by atoms with Gasteiger partial charge in [0.25, 0.3) is 5.91 Å². The second-order valence-electron chi connectivity index (χ2n) is 4.33. The van der Waals surface area contributed by atoms with E-state index in [0.717, 1.165) is 0 Å². The minimum Gasteiger partial charge on any atom is -0.342 e. The summed E-state index contributed by atoms with van der Waals surface area (Å²) in [5.74, 6) is -1.27. The van der Waals surface area contributed by atoms with E-state index >= 15 is 0 Å². The molecule has 0 fully saturated rings. The Labute approximate surface area is 126 Å². The van der Waals surface area contributed by atoms with Crippen LogP contribution in [0.1, 0.15) is 24.2 Å². The highest BCUT2D eigenvalue weighted by atomic mass is 79.9. The van der Waals surface area contributed by atoms with Crippen LogP contribution in [-0.4, -0.2) is 48.3 Å². The van der Waals surface area contributed by atoms with Crippen molar-refractivity contribution in [2.45, 2.75) is 13.8 Å². The molecule has 0 N–H and O–H groups in total. The predicted octanol–water partition coefficient (Wildman–Crippen LogP) is 2.53. The topological polar surface area (TPSA) is 40.6 Å². The number of nitrogens with zero attached hydrogens (tertiary/aromatic N) is 2. The van der Waals surface area contributed by atoms with E-state index in [-0.39, 0.29) is 22.5 Å². The third-order valence-corrected chi connectivity index (χ3v) is 3.63. The summed E-state index contributed by atoms with van der Waals surface area (Å²) in [6, 6.07) is 4.51. The van der Waals surface area contributed by atoms with Crippen molar-refractivity contribution in [2.24, 2.45) is 0 Å². The minimum atomic E-state index is -0.611. The number of halogens is 2. The highest BCUT2D eigenvalue weighted by Gasteiger charge is 2.21. The Morgan fingerprint density at radius 3 is 2.40 bits per heavy atom. The van der Waals surface area contributed by atoms with Gasteiger partial charge in [-0.15, -0.1) is 0 Å². The zero-order chi connectivity index (χ0) is 15.3. The number of hydrogen-bond acceptors (Lipinski definition) is 2. The van der Waals surface area contributed by atoms with Gasteiger partial charge in [0.05, 0.1) is 16.6 Å². The zero-order valence-electron chi connectivity index (χ0n) is 11.8. The standard InChI is InChI=1S/C14H18BrFN2O2/c1-4-18(5-2)12(19)9-17(3)14(20)10-7-6-8-11(15)13(10)16/h6-8H,4-5,9H2,1-3H3. The van der Waals surface area contributed by atoms with Crippen molar-refractivity contribution < 1.29 is 14.0 Å². The van der Waals surface area contributed by atoms with Crippen LogP contribution in [0.3, 0.4) is 0 Å². The predicted molar refractivity (Wildman–Crippen MR) is 79.0 cm³/mol. The molecule has 0 radical (unpaired) electrons. The second-order valence-corrected chi connectivity index (χ2v) is 5.18. The third-order valence-electron chi connectivity index (χ3n) is 3.02. The van der Waals surface area contributed by atoms with E-state index in [2.05, 4.69) is 15.9 Å². The van der Waals surface area contributed by atoms with Gasteiger partial charge >= 0.3 is 0 Å². The van der Waals surface area contributed by atoms with Crippen LogP contribution in [0, 0.1) is 5.82 Å². The zero-order valence-corrected chi connectivity index (χ0v) is 13.4. The number of likely N-dealkylation sites (N-methyl/N-ethyl adjacent to an activating group) is 2. The summed E-state index contributed by atoms with van der Waals surface area (Å²) in [6.45, 7) is 4.85. The number of carbonyl (C=O) groups is 2. The SMILES string of the molecule is CCN(CC)C(=O)CN(C)C(=O)c1cccc(Br)c1F. The molecule has 4 nitrogen and oxygen atoms in total. The first-order valence-electron chi connectivity index (χ1n) is 6.39. The molecule has 0 aliphatic heterocycles. The van der Waals surface area contributed by atoms with Gasteiger partial charge in [-0.1, -0.05) is 6.07 Å². The second kappa shape index (κ2) is 7.38. The van der Waals surface area contributed by atoms with Gasteiger partial charge in [-0.2, -0.15) is 0 Å². The lowest BCUT2D eigenvalue weighted by Gasteiger charge is -2.23. The highest BCUT2D eigenvalue weighted by molar-refractivity contribution is 9.10. The van der Waals surface area contributed by atoms with Crippen LogP contribution in [0.5, 0.6) is 0 Å². The maximum atomic E-state index is 13.9. The molecule has 110 valence electrons. The van der Waals surface area contributed by atoms with Crippen molar-refractivity contribution >= 4 is 27.7 Å². The summed E-state index contributed by atoms with van der Waals surface area (Å²) >= 11 is 3.04. The number of hydrogen-bond donors (Lipinski definition) is 0. The smallest absolute Gasteiger partial charge is 0.257 e. The maximum Gasteiger partial charge on any atom is 0.257 e. The van der Waals surface area contributed by atoms with Crippen molar-refractivity contribution in [3.63, 3.8) is 0 Å². The average molecular weight is 345 g/mol. The Kier molecular flexibility index (Phi) is 6.13. The summed E-state index contributed by atoms with van der Waals surface area (Å²) in [6.07, 6.45) is 0. The minimum absolute atomic E-state index is 0.0470. The molecule has 0 atom stereocenters. The molecule has 2 amide bonds. The van der Waals surface area contributed by atoms with Gasteiger partial charge in [0.2, 0.25) is 5.91 Å². The van der Waals surface area contributed by atoms with E-state index in [0.29, 0.717) is 13.1 Å². The number of carbonyl (C=O) groups excluding carboxylic acids is 2. The molecule has 1 rings (SSSR count). The Bertz CT molecular complexity index is 504. The lowest BCUT2D eigenvalue weighted by Crippen LogP contribution is -2.41. The van der Waals surface area contributed by atoms with Gasteiger partial charge in [-0.3, -0.25) is 9.59 Å². The largest absolute Gasteiger partial charge is 0.342 e. The van der Waals surface area contributed by atoms with E-state index in [1.54, 1.807) is 11.0 Å². The Morgan fingerprint density at radius 2 is 1.85 bits per heavy atom. The molecule has 1 aromatic rings. The van der Waals surface area contributed by atoms with Crippen molar-refractivity contribution in [3.8, 4) is 0 Å². The molecule has 0 unspecified atom stereocenters. The summed E-state index contributed by atoms with van der Waals surface area (Å²) in [4.78, 5) is 26.9. The average Bonchev–Trinajstić information content (AvgIpc) is 2.42. The van der Waals surface area contributed by atoms with Crippen LogP contribution in [0.15, 0.2) is 22.7 Å². The van der Waals surface area contributed by atoms with Gasteiger partial charge in [-0.05, 0) is 41.9 Å². The molecule has 0 aromatic heterocycles. The molecule has 0 aliphatic carbocycles. The summed E-state index contributed by atoms with van der Waals surface area (Å²) < 4.78 is 14.1. The highest BCUT2D eigenvalue weighted by Crippen LogP contribution is 2.19. The van der Waals surface area contributed by atoms with Crippen LogP contribution in [-0.2, 0) is 4.79 Å². The first-order valence-corrected chi connectivity index (χ1v) is 7.18. The first-order chi connectivity index (χ1) is 9.42. The van der Waals surface area contributed by atoms with E-state index in [9.17, 15) is 14.0 Å².